The molecule has 0 spiro atoms. The van der Waals surface area contributed by atoms with Crippen LogP contribution in [0.15, 0.2) is 66.7 Å². The second-order valence-electron chi connectivity index (χ2n) is 13.5. The van der Waals surface area contributed by atoms with Crippen LogP contribution in [0.5, 0.6) is 0 Å². The number of anilines is 2. The molecule has 0 aliphatic carbocycles. The molecule has 5 N–H and O–H groups in total. The highest BCUT2D eigenvalue weighted by Gasteiger charge is 2.45. The van der Waals surface area contributed by atoms with Crippen LogP contribution in [0, 0.1) is 11.6 Å². The van der Waals surface area contributed by atoms with Crippen molar-refractivity contribution in [3.63, 3.8) is 0 Å². The fraction of sp³-hybridized carbons (Fsp3) is 0.205. The number of piperidine rings is 1. The first-order valence-electron chi connectivity index (χ1n) is 17.5. The maximum atomic E-state index is 14.3. The first-order valence-corrected chi connectivity index (χ1v) is 17.9. The number of amides is 7. The summed E-state index contributed by atoms with van der Waals surface area (Å²) in [5, 5.41) is 12.9. The molecule has 298 valence electrons. The molecule has 3 aliphatic rings. The van der Waals surface area contributed by atoms with E-state index in [9.17, 15) is 55.5 Å². The van der Waals surface area contributed by atoms with Gasteiger partial charge in [-0.1, -0.05) is 11.6 Å². The number of benzene rings is 4. The van der Waals surface area contributed by atoms with E-state index in [1.165, 1.54) is 24.3 Å². The van der Waals surface area contributed by atoms with Crippen LogP contribution in [0.25, 0.3) is 0 Å². The smallest absolute Gasteiger partial charge is 0.385 e. The third kappa shape index (κ3) is 7.69. The Morgan fingerprint density at radius 3 is 2.29 bits per heavy atom. The van der Waals surface area contributed by atoms with Gasteiger partial charge in [0.25, 0.3) is 29.5 Å². The van der Waals surface area contributed by atoms with Gasteiger partial charge in [0.2, 0.25) is 11.8 Å². The maximum Gasteiger partial charge on any atom is 0.416 e. The molecule has 1 saturated heterocycles. The number of rotatable bonds is 10. The third-order valence-electron chi connectivity index (χ3n) is 9.66. The Morgan fingerprint density at radius 2 is 1.55 bits per heavy atom. The molecular weight excluding hydrogens is 795 g/mol. The number of halogens is 6. The lowest BCUT2D eigenvalue weighted by molar-refractivity contribution is -0.138. The number of carbonyl (C=O) groups is 7. The van der Waals surface area contributed by atoms with Crippen molar-refractivity contribution in [1.29, 1.82) is 0 Å². The first kappa shape index (κ1) is 39.5. The number of fused-ring (bicyclic) bond motifs is 2. The van der Waals surface area contributed by atoms with Gasteiger partial charge in [0.15, 0.2) is 0 Å². The predicted octanol–water partition coefficient (Wildman–Crippen LogP) is 5.36. The van der Waals surface area contributed by atoms with Gasteiger partial charge < -0.3 is 21.3 Å². The second-order valence-corrected chi connectivity index (χ2v) is 13.9. The average Bonchev–Trinajstić information content (AvgIpc) is 3.63. The molecule has 0 radical (unpaired) electrons. The van der Waals surface area contributed by atoms with E-state index in [0.717, 1.165) is 23.1 Å². The Hall–Kier alpha value is -6.69. The van der Waals surface area contributed by atoms with Gasteiger partial charge in [-0.15, -0.1) is 0 Å². The minimum Gasteiger partial charge on any atom is -0.385 e. The van der Waals surface area contributed by atoms with Crippen molar-refractivity contribution in [3.05, 3.63) is 128 Å². The summed E-state index contributed by atoms with van der Waals surface area (Å²) in [6.07, 6.45) is -4.70. The first-order chi connectivity index (χ1) is 27.5. The SMILES string of the molecule is O=C1CCC(N2C(=O)c3ccc(NCCCNC(=O)c4cc(NC(=O)c5cc(F)cc(C(F)(F)F)c5)c5c(c4)C(=O)N[C@H]5c4cc(F)ccc4Cl)cc3C2=O)C(=O)N1. The van der Waals surface area contributed by atoms with Gasteiger partial charge in [-0.3, -0.25) is 43.8 Å². The number of hydrogen-bond donors (Lipinski definition) is 5. The van der Waals surface area contributed by atoms with Crippen LogP contribution in [-0.2, 0) is 15.8 Å². The summed E-state index contributed by atoms with van der Waals surface area (Å²) in [6.45, 7) is 0.295. The highest BCUT2D eigenvalue weighted by molar-refractivity contribution is 6.31. The molecule has 0 aromatic heterocycles. The van der Waals surface area contributed by atoms with Crippen molar-refractivity contribution in [2.24, 2.45) is 0 Å². The van der Waals surface area contributed by atoms with Crippen LogP contribution in [0.1, 0.15) is 93.8 Å². The van der Waals surface area contributed by atoms with Gasteiger partial charge in [-0.25, -0.2) is 8.78 Å². The van der Waals surface area contributed by atoms with Gasteiger partial charge in [0.05, 0.1) is 22.7 Å². The fourth-order valence-corrected chi connectivity index (χ4v) is 7.15. The summed E-state index contributed by atoms with van der Waals surface area (Å²) in [6, 6.07) is 9.10. The van der Waals surface area contributed by atoms with Crippen molar-refractivity contribution in [1.82, 2.24) is 20.9 Å². The standard InChI is InChI=1S/C39H28ClF5N6O7/c40-27-5-2-20(41)15-25(27)32-31-26(35(55)50-32)12-18(13-28(31)48-34(54)17-10-19(39(43,44)45)14-21(42)11-17)33(53)47-9-1-8-46-22-3-4-23-24(16-22)38(58)51(37(23)57)29-6-7-30(52)49-36(29)56/h2-5,10-16,29,32,46H,1,6-9H2,(H,47,53)(H,48,54)(H,50,55)(H,49,52,56)/t29?,32-/m0/s1. The number of hydrogen-bond acceptors (Lipinski definition) is 8. The molecule has 4 aromatic carbocycles. The van der Waals surface area contributed by atoms with Gasteiger partial charge in [-0.05, 0) is 79.6 Å². The van der Waals surface area contributed by atoms with E-state index >= 15 is 0 Å². The molecule has 7 rings (SSSR count). The average molecular weight is 823 g/mol. The van der Waals surface area contributed by atoms with Crippen LogP contribution in [0.4, 0.5) is 33.3 Å². The number of nitrogens with zero attached hydrogens (tertiary/aromatic N) is 1. The summed E-state index contributed by atoms with van der Waals surface area (Å²) >= 11 is 6.33. The van der Waals surface area contributed by atoms with Gasteiger partial charge >= 0.3 is 6.18 Å². The van der Waals surface area contributed by atoms with Crippen LogP contribution in [-0.4, -0.2) is 65.4 Å². The molecule has 19 heteroatoms. The lowest BCUT2D eigenvalue weighted by Crippen LogP contribution is -2.54. The third-order valence-corrected chi connectivity index (χ3v) is 10.0. The molecule has 3 heterocycles. The topological polar surface area (TPSA) is 183 Å². The quantitative estimate of drug-likeness (QED) is 0.0806. The molecule has 0 saturated carbocycles. The van der Waals surface area contributed by atoms with E-state index in [1.807, 2.05) is 0 Å². The maximum absolute atomic E-state index is 14.3. The van der Waals surface area contributed by atoms with E-state index in [-0.39, 0.29) is 76.1 Å². The van der Waals surface area contributed by atoms with Crippen LogP contribution < -0.4 is 26.6 Å². The minimum absolute atomic E-state index is 0.00685. The zero-order valence-corrected chi connectivity index (χ0v) is 30.4. The summed E-state index contributed by atoms with van der Waals surface area (Å²) in [4.78, 5) is 90.8. The van der Waals surface area contributed by atoms with E-state index in [0.29, 0.717) is 24.2 Å². The zero-order chi connectivity index (χ0) is 41.6. The number of nitrogens with one attached hydrogen (secondary N) is 5. The molecule has 58 heavy (non-hydrogen) atoms. The summed E-state index contributed by atoms with van der Waals surface area (Å²) in [5.74, 6) is -7.30. The fourth-order valence-electron chi connectivity index (χ4n) is 6.92. The van der Waals surface area contributed by atoms with Crippen molar-refractivity contribution in [3.8, 4) is 0 Å². The summed E-state index contributed by atoms with van der Waals surface area (Å²) in [5.41, 5.74) is -1.94. The molecular formula is C39H28ClF5N6O7. The van der Waals surface area contributed by atoms with E-state index < -0.39 is 82.4 Å². The molecule has 0 bridgehead atoms. The highest BCUT2D eigenvalue weighted by Crippen LogP contribution is 2.40. The Bertz CT molecular complexity index is 2480. The number of imide groups is 2. The molecule has 1 fully saturated rings. The minimum atomic E-state index is -4.98. The molecule has 7 amide bonds. The van der Waals surface area contributed by atoms with Crippen molar-refractivity contribution < 1.29 is 55.5 Å². The normalized spacial score (nSPS) is 17.4. The monoisotopic (exact) mass is 822 g/mol. The van der Waals surface area contributed by atoms with Gasteiger partial charge in [-0.2, -0.15) is 13.2 Å². The second kappa shape index (κ2) is 15.3. The van der Waals surface area contributed by atoms with E-state index in [2.05, 4.69) is 26.6 Å². The van der Waals surface area contributed by atoms with Crippen LogP contribution >= 0.6 is 11.6 Å². The van der Waals surface area contributed by atoms with Crippen molar-refractivity contribution in [2.75, 3.05) is 23.7 Å². The Labute approximate surface area is 329 Å². The highest BCUT2D eigenvalue weighted by atomic mass is 35.5. The molecule has 2 atom stereocenters. The van der Waals surface area contributed by atoms with Crippen molar-refractivity contribution >= 4 is 64.3 Å². The van der Waals surface area contributed by atoms with Crippen LogP contribution in [0.2, 0.25) is 5.02 Å². The Balaban J connectivity index is 1.06. The Morgan fingerprint density at radius 1 is 0.810 bits per heavy atom. The molecule has 1 unspecified atom stereocenters. The lowest BCUT2D eigenvalue weighted by atomic mass is 9.94. The van der Waals surface area contributed by atoms with Gasteiger partial charge in [0.1, 0.15) is 17.7 Å². The molecule has 3 aliphatic heterocycles. The molecule has 4 aromatic rings. The summed E-state index contributed by atoms with van der Waals surface area (Å²) < 4.78 is 68.9. The molecule has 13 nitrogen and oxygen atoms in total. The zero-order valence-electron chi connectivity index (χ0n) is 29.6. The number of alkyl halides is 3. The largest absolute Gasteiger partial charge is 0.416 e. The van der Waals surface area contributed by atoms with Crippen molar-refractivity contribution in [2.45, 2.75) is 37.5 Å². The van der Waals surface area contributed by atoms with Gasteiger partial charge in [0, 0.05) is 63.7 Å². The number of carbonyl (C=O) groups excluding carboxylic acids is 7. The van der Waals surface area contributed by atoms with E-state index in [1.54, 1.807) is 6.07 Å². The Kier molecular flexibility index (Phi) is 10.5. The van der Waals surface area contributed by atoms with Crippen LogP contribution in [0.3, 0.4) is 0 Å². The summed E-state index contributed by atoms with van der Waals surface area (Å²) in [7, 11) is 0. The lowest BCUT2D eigenvalue weighted by Gasteiger charge is -2.27. The van der Waals surface area contributed by atoms with E-state index in [4.69, 9.17) is 11.6 Å². The predicted molar refractivity (Wildman–Crippen MR) is 195 cm³/mol.